The van der Waals surface area contributed by atoms with Gasteiger partial charge in [-0.3, -0.25) is 9.69 Å². The highest BCUT2D eigenvalue weighted by Gasteiger charge is 2.43. The van der Waals surface area contributed by atoms with E-state index < -0.39 is 0 Å². The number of rotatable bonds is 5. The van der Waals surface area contributed by atoms with E-state index in [2.05, 4.69) is 4.98 Å². The summed E-state index contributed by atoms with van der Waals surface area (Å²) in [5.74, 6) is 0.636. The van der Waals surface area contributed by atoms with Gasteiger partial charge in [-0.2, -0.15) is 0 Å². The molecule has 1 saturated heterocycles. The zero-order valence-corrected chi connectivity index (χ0v) is 14.1. The Labute approximate surface area is 143 Å². The molecule has 1 aromatic carbocycles. The summed E-state index contributed by atoms with van der Waals surface area (Å²) in [7, 11) is 1.63. The maximum Gasteiger partial charge on any atom is 0.327 e. The highest BCUT2D eigenvalue weighted by atomic mass is 32.1. The number of nitrogens with zero attached hydrogens (tertiary/aromatic N) is 3. The highest BCUT2D eigenvalue weighted by Crippen LogP contribution is 2.31. The fraction of sp³-hybridized carbons (Fsp3) is 0.353. The van der Waals surface area contributed by atoms with Crippen LogP contribution < -0.4 is 4.74 Å². The molecule has 1 aliphatic carbocycles. The van der Waals surface area contributed by atoms with Gasteiger partial charge in [-0.1, -0.05) is 12.1 Å². The first-order chi connectivity index (χ1) is 11.7. The van der Waals surface area contributed by atoms with Crippen molar-refractivity contribution in [1.29, 1.82) is 0 Å². The van der Waals surface area contributed by atoms with Crippen LogP contribution in [0.1, 0.15) is 18.5 Å². The Morgan fingerprint density at radius 1 is 1.33 bits per heavy atom. The average molecular weight is 343 g/mol. The lowest BCUT2D eigenvalue weighted by atomic mass is 10.2. The number of hydrogen-bond acceptors (Lipinski definition) is 5. The quantitative estimate of drug-likeness (QED) is 0.783. The lowest BCUT2D eigenvalue weighted by molar-refractivity contribution is -0.125. The molecule has 3 amide bonds. The molecule has 0 unspecified atom stereocenters. The van der Waals surface area contributed by atoms with E-state index in [-0.39, 0.29) is 31.1 Å². The van der Waals surface area contributed by atoms with E-state index in [1.807, 2.05) is 29.6 Å². The number of carbonyl (C=O) groups excluding carboxylic acids is 2. The van der Waals surface area contributed by atoms with Crippen LogP contribution in [0.15, 0.2) is 29.6 Å². The van der Waals surface area contributed by atoms with Crippen LogP contribution in [0.3, 0.4) is 0 Å². The molecule has 1 aromatic heterocycles. The van der Waals surface area contributed by atoms with Gasteiger partial charge < -0.3 is 9.64 Å². The number of urea groups is 1. The zero-order valence-electron chi connectivity index (χ0n) is 13.3. The van der Waals surface area contributed by atoms with Crippen LogP contribution in [0, 0.1) is 0 Å². The van der Waals surface area contributed by atoms with Crippen LogP contribution in [-0.2, 0) is 11.3 Å². The van der Waals surface area contributed by atoms with Crippen molar-refractivity contribution in [3.63, 3.8) is 0 Å². The molecule has 1 aliphatic heterocycles. The number of benzene rings is 1. The molecule has 4 rings (SSSR count). The van der Waals surface area contributed by atoms with Crippen molar-refractivity contribution in [1.82, 2.24) is 14.8 Å². The number of aromatic nitrogens is 1. The first-order valence-corrected chi connectivity index (χ1v) is 8.73. The number of hydrogen-bond donors (Lipinski definition) is 0. The third-order valence-corrected chi connectivity index (χ3v) is 5.20. The molecule has 0 atom stereocenters. The molecular formula is C17H17N3O3S. The number of carbonyl (C=O) groups is 2. The molecule has 24 heavy (non-hydrogen) atoms. The molecule has 0 bridgehead atoms. The van der Waals surface area contributed by atoms with Crippen LogP contribution in [0.4, 0.5) is 4.79 Å². The third-order valence-electron chi connectivity index (χ3n) is 4.26. The summed E-state index contributed by atoms with van der Waals surface area (Å²) in [5, 5.41) is 2.75. The smallest absolute Gasteiger partial charge is 0.327 e. The molecule has 6 nitrogen and oxygen atoms in total. The number of imide groups is 1. The molecule has 124 valence electrons. The van der Waals surface area contributed by atoms with Crippen molar-refractivity contribution in [2.24, 2.45) is 0 Å². The van der Waals surface area contributed by atoms with Crippen molar-refractivity contribution in [3.05, 3.63) is 35.3 Å². The summed E-state index contributed by atoms with van der Waals surface area (Å²) in [5.41, 5.74) is 1.70. The lowest BCUT2D eigenvalue weighted by Gasteiger charge is -2.15. The van der Waals surface area contributed by atoms with Crippen LogP contribution in [0.2, 0.25) is 0 Å². The van der Waals surface area contributed by atoms with E-state index in [4.69, 9.17) is 4.74 Å². The van der Waals surface area contributed by atoms with Crippen LogP contribution >= 0.6 is 11.3 Å². The molecule has 2 heterocycles. The summed E-state index contributed by atoms with van der Waals surface area (Å²) in [6, 6.07) is 7.76. The van der Waals surface area contributed by atoms with Crippen molar-refractivity contribution < 1.29 is 14.3 Å². The van der Waals surface area contributed by atoms with Crippen LogP contribution in [0.25, 0.3) is 10.6 Å². The monoisotopic (exact) mass is 343 g/mol. The van der Waals surface area contributed by atoms with Gasteiger partial charge in [0.05, 0.1) is 19.3 Å². The van der Waals surface area contributed by atoms with Gasteiger partial charge in [-0.05, 0) is 25.0 Å². The molecule has 0 N–H and O–H groups in total. The van der Waals surface area contributed by atoms with Gasteiger partial charge in [0, 0.05) is 17.0 Å². The molecule has 0 spiro atoms. The van der Waals surface area contributed by atoms with Crippen LogP contribution in [-0.4, -0.2) is 46.4 Å². The van der Waals surface area contributed by atoms with E-state index in [9.17, 15) is 9.59 Å². The van der Waals surface area contributed by atoms with Crippen LogP contribution in [0.5, 0.6) is 5.75 Å². The van der Waals surface area contributed by atoms with Gasteiger partial charge >= 0.3 is 6.03 Å². The largest absolute Gasteiger partial charge is 0.497 e. The Morgan fingerprint density at radius 2 is 2.17 bits per heavy atom. The number of methoxy groups -OCH3 is 1. The Balaban J connectivity index is 1.51. The van der Waals surface area contributed by atoms with Gasteiger partial charge in [0.25, 0.3) is 5.91 Å². The predicted octanol–water partition coefficient (Wildman–Crippen LogP) is 2.75. The van der Waals surface area contributed by atoms with E-state index in [0.29, 0.717) is 0 Å². The van der Waals surface area contributed by atoms with Gasteiger partial charge in [-0.25, -0.2) is 9.78 Å². The molecule has 2 fully saturated rings. The Hall–Kier alpha value is -2.41. The van der Waals surface area contributed by atoms with Crippen molar-refractivity contribution in [3.8, 4) is 16.3 Å². The summed E-state index contributed by atoms with van der Waals surface area (Å²) in [4.78, 5) is 32.0. The Kier molecular flexibility index (Phi) is 3.72. The minimum absolute atomic E-state index is 0.136. The summed E-state index contributed by atoms with van der Waals surface area (Å²) < 4.78 is 5.23. The normalized spacial score (nSPS) is 17.7. The Morgan fingerprint density at radius 3 is 2.92 bits per heavy atom. The second kappa shape index (κ2) is 5.90. The number of thiazole rings is 1. The van der Waals surface area contributed by atoms with Gasteiger partial charge in [0.2, 0.25) is 0 Å². The predicted molar refractivity (Wildman–Crippen MR) is 89.8 cm³/mol. The molecule has 2 aromatic rings. The first kappa shape index (κ1) is 15.1. The first-order valence-electron chi connectivity index (χ1n) is 7.85. The highest BCUT2D eigenvalue weighted by molar-refractivity contribution is 7.13. The molecule has 2 aliphatic rings. The summed E-state index contributed by atoms with van der Waals surface area (Å²) >= 11 is 1.50. The maximum absolute atomic E-state index is 12.4. The van der Waals surface area contributed by atoms with Gasteiger partial charge in [0.1, 0.15) is 17.3 Å². The fourth-order valence-corrected chi connectivity index (χ4v) is 3.63. The van der Waals surface area contributed by atoms with E-state index in [0.717, 1.165) is 34.9 Å². The van der Waals surface area contributed by atoms with Crippen molar-refractivity contribution in [2.75, 3.05) is 13.7 Å². The van der Waals surface area contributed by atoms with E-state index in [1.165, 1.54) is 16.2 Å². The number of amides is 3. The SMILES string of the molecule is COc1cccc(-c2nc(CN3C(=O)CN(C4CC4)C3=O)cs2)c1. The summed E-state index contributed by atoms with van der Waals surface area (Å²) in [6.07, 6.45) is 2.01. The van der Waals surface area contributed by atoms with Gasteiger partial charge in [-0.15, -0.1) is 11.3 Å². The van der Waals surface area contributed by atoms with E-state index in [1.54, 1.807) is 12.0 Å². The van der Waals surface area contributed by atoms with Crippen molar-refractivity contribution in [2.45, 2.75) is 25.4 Å². The molecular weight excluding hydrogens is 326 g/mol. The fourth-order valence-electron chi connectivity index (χ4n) is 2.82. The van der Waals surface area contributed by atoms with E-state index >= 15 is 0 Å². The van der Waals surface area contributed by atoms with Crippen molar-refractivity contribution >= 4 is 23.3 Å². The molecule has 1 saturated carbocycles. The molecule has 0 radical (unpaired) electrons. The maximum atomic E-state index is 12.4. The third kappa shape index (κ3) is 2.75. The topological polar surface area (TPSA) is 62.7 Å². The number of ether oxygens (including phenoxy) is 1. The second-order valence-corrected chi connectivity index (χ2v) is 6.86. The summed E-state index contributed by atoms with van der Waals surface area (Å²) in [6.45, 7) is 0.442. The Bertz CT molecular complexity index is 800. The van der Waals surface area contributed by atoms with Gasteiger partial charge in [0.15, 0.2) is 0 Å². The second-order valence-electron chi connectivity index (χ2n) is 6.00. The minimum Gasteiger partial charge on any atom is -0.497 e. The minimum atomic E-state index is -0.182. The standard InChI is InChI=1S/C17H17N3O3S/c1-23-14-4-2-3-11(7-14)16-18-12(10-24-16)8-20-15(21)9-19(17(20)22)13-5-6-13/h2-4,7,10,13H,5-6,8-9H2,1H3. The average Bonchev–Trinajstić information content (AvgIpc) is 3.27. The zero-order chi connectivity index (χ0) is 16.7. The molecule has 7 heteroatoms. The lowest BCUT2D eigenvalue weighted by Crippen LogP contribution is -2.33.